The van der Waals surface area contributed by atoms with Gasteiger partial charge in [0, 0.05) is 25.2 Å². The van der Waals surface area contributed by atoms with Gasteiger partial charge in [-0.15, -0.1) is 6.58 Å². The van der Waals surface area contributed by atoms with Crippen molar-refractivity contribution in [1.29, 1.82) is 0 Å². The van der Waals surface area contributed by atoms with Crippen LogP contribution in [0.4, 0.5) is 5.95 Å². The molecule has 0 bridgehead atoms. The summed E-state index contributed by atoms with van der Waals surface area (Å²) >= 11 is 0. The van der Waals surface area contributed by atoms with E-state index in [0.29, 0.717) is 48.1 Å². The van der Waals surface area contributed by atoms with Gasteiger partial charge < -0.3 is 19.9 Å². The first kappa shape index (κ1) is 24.0. The van der Waals surface area contributed by atoms with E-state index in [1.54, 1.807) is 33.5 Å². The smallest absolute Gasteiger partial charge is 0.276 e. The quantitative estimate of drug-likeness (QED) is 0.340. The molecule has 0 atom stereocenters. The second kappa shape index (κ2) is 10.3. The average Bonchev–Trinajstić information content (AvgIpc) is 3.31. The maximum Gasteiger partial charge on any atom is 0.276 e. The topological polar surface area (TPSA) is 120 Å². The second-order valence-corrected chi connectivity index (χ2v) is 7.99. The third-order valence-corrected chi connectivity index (χ3v) is 5.07. The van der Waals surface area contributed by atoms with Gasteiger partial charge in [0.2, 0.25) is 11.9 Å². The van der Waals surface area contributed by atoms with Crippen LogP contribution in [0.25, 0.3) is 11.0 Å². The summed E-state index contributed by atoms with van der Waals surface area (Å²) in [4.78, 5) is 31.6. The number of aryl methyl sites for hydroxylation is 2. The Labute approximate surface area is 193 Å². The lowest BCUT2D eigenvalue weighted by molar-refractivity contribution is 0.0995. The number of anilines is 1. The Balaban J connectivity index is 2.03. The molecule has 3 N–H and O–H groups in total. The van der Waals surface area contributed by atoms with Gasteiger partial charge in [-0.05, 0) is 52.6 Å². The Hall–Kier alpha value is -3.66. The van der Waals surface area contributed by atoms with Crippen LogP contribution in [0.5, 0.6) is 5.75 Å². The molecule has 0 unspecified atom stereocenters. The van der Waals surface area contributed by atoms with Gasteiger partial charge in [-0.25, -0.2) is 4.98 Å². The number of hydrogen-bond acceptors (Lipinski definition) is 6. The highest BCUT2D eigenvalue weighted by atomic mass is 16.5. The summed E-state index contributed by atoms with van der Waals surface area (Å²) in [6.07, 6.45) is 2.50. The fourth-order valence-corrected chi connectivity index (χ4v) is 3.58. The molecular formula is C23H31N7O3. The molecule has 3 aromatic rings. The van der Waals surface area contributed by atoms with Crippen molar-refractivity contribution in [3.8, 4) is 5.75 Å². The van der Waals surface area contributed by atoms with Crippen LogP contribution in [0.1, 0.15) is 39.9 Å². The van der Waals surface area contributed by atoms with E-state index < -0.39 is 5.91 Å². The highest BCUT2D eigenvalue weighted by Crippen LogP contribution is 2.31. The van der Waals surface area contributed by atoms with E-state index in [1.165, 1.54) is 0 Å². The summed E-state index contributed by atoms with van der Waals surface area (Å²) in [6.45, 7) is 9.83. The first-order valence-corrected chi connectivity index (χ1v) is 10.8. The summed E-state index contributed by atoms with van der Waals surface area (Å²) < 4.78 is 9.47. The van der Waals surface area contributed by atoms with E-state index in [-0.39, 0.29) is 11.5 Å². The lowest BCUT2D eigenvalue weighted by Gasteiger charge is -2.14. The number of fused-ring (bicyclic) bond motifs is 1. The van der Waals surface area contributed by atoms with Crippen LogP contribution in [-0.4, -0.2) is 63.3 Å². The summed E-state index contributed by atoms with van der Waals surface area (Å²) in [7, 11) is 3.98. The Kier molecular flexibility index (Phi) is 7.49. The van der Waals surface area contributed by atoms with Crippen LogP contribution in [0, 0.1) is 6.92 Å². The van der Waals surface area contributed by atoms with E-state index in [1.807, 2.05) is 27.9 Å². The molecule has 0 radical (unpaired) electrons. The van der Waals surface area contributed by atoms with E-state index in [4.69, 9.17) is 10.5 Å². The van der Waals surface area contributed by atoms with Crippen LogP contribution in [0.3, 0.4) is 0 Å². The standard InChI is InChI=1S/C23H31N7O3/c1-6-9-29-20-17(13-16(21(24)31)14-19(20)33-11-8-10-28(4)5)25-23(29)26-22(32)18-12-15(3)27-30(18)7-2/h6,12-14H,1,7-11H2,2-5H3,(H2,24,31)(H,25,26,32). The third-order valence-electron chi connectivity index (χ3n) is 5.07. The Morgan fingerprint density at radius 3 is 2.70 bits per heavy atom. The number of allylic oxidation sites excluding steroid dienone is 1. The van der Waals surface area contributed by atoms with Gasteiger partial charge in [0.15, 0.2) is 0 Å². The largest absolute Gasteiger partial charge is 0.491 e. The lowest BCUT2D eigenvalue weighted by atomic mass is 10.1. The van der Waals surface area contributed by atoms with Crippen molar-refractivity contribution in [1.82, 2.24) is 24.2 Å². The number of benzene rings is 1. The highest BCUT2D eigenvalue weighted by Gasteiger charge is 2.21. The molecule has 0 aliphatic rings. The normalized spacial score (nSPS) is 11.2. The van der Waals surface area contributed by atoms with E-state index >= 15 is 0 Å². The van der Waals surface area contributed by atoms with Crippen LogP contribution in [0.15, 0.2) is 30.9 Å². The molecule has 0 fully saturated rings. The minimum Gasteiger partial charge on any atom is -0.491 e. The first-order valence-electron chi connectivity index (χ1n) is 10.8. The zero-order chi connectivity index (χ0) is 24.1. The minimum atomic E-state index is -0.582. The zero-order valence-electron chi connectivity index (χ0n) is 19.6. The molecule has 0 aliphatic carbocycles. The summed E-state index contributed by atoms with van der Waals surface area (Å²) in [6, 6.07) is 4.94. The number of amides is 2. The van der Waals surface area contributed by atoms with Gasteiger partial charge in [0.1, 0.15) is 17.0 Å². The third kappa shape index (κ3) is 5.40. The molecule has 176 valence electrons. The Bertz CT molecular complexity index is 1180. The second-order valence-electron chi connectivity index (χ2n) is 7.99. The zero-order valence-corrected chi connectivity index (χ0v) is 19.6. The van der Waals surface area contributed by atoms with E-state index in [2.05, 4.69) is 26.9 Å². The number of nitrogens with two attached hydrogens (primary N) is 1. The van der Waals surface area contributed by atoms with Crippen molar-refractivity contribution in [3.05, 3.63) is 47.8 Å². The molecule has 0 saturated heterocycles. The molecule has 0 aliphatic heterocycles. The molecule has 10 heteroatoms. The fourth-order valence-electron chi connectivity index (χ4n) is 3.58. The number of carbonyl (C=O) groups excluding carboxylic acids is 2. The molecule has 0 saturated carbocycles. The number of nitrogens with one attached hydrogen (secondary N) is 1. The molecule has 3 rings (SSSR count). The number of carbonyl (C=O) groups is 2. The number of rotatable bonds is 11. The molecular weight excluding hydrogens is 422 g/mol. The van der Waals surface area contributed by atoms with Gasteiger partial charge in [0.05, 0.1) is 17.8 Å². The van der Waals surface area contributed by atoms with Crippen molar-refractivity contribution in [2.24, 2.45) is 5.73 Å². The molecule has 0 spiro atoms. The molecule has 1 aromatic carbocycles. The van der Waals surface area contributed by atoms with Crippen molar-refractivity contribution in [3.63, 3.8) is 0 Å². The predicted octanol–water partition coefficient (Wildman–Crippen LogP) is 2.43. The number of imidazole rings is 1. The summed E-state index contributed by atoms with van der Waals surface area (Å²) in [5.41, 5.74) is 8.15. The molecule has 33 heavy (non-hydrogen) atoms. The van der Waals surface area contributed by atoms with E-state index in [0.717, 1.165) is 18.7 Å². The number of nitrogens with zero attached hydrogens (tertiary/aromatic N) is 5. The van der Waals surface area contributed by atoms with Crippen LogP contribution in [-0.2, 0) is 13.1 Å². The molecule has 2 heterocycles. The maximum atomic E-state index is 13.0. The number of ether oxygens (including phenoxy) is 1. The molecule has 2 aromatic heterocycles. The van der Waals surface area contributed by atoms with Crippen LogP contribution >= 0.6 is 0 Å². The summed E-state index contributed by atoms with van der Waals surface area (Å²) in [5.74, 6) is -0.122. The fraction of sp³-hybridized carbons (Fsp3) is 0.391. The van der Waals surface area contributed by atoms with Crippen LogP contribution < -0.4 is 15.8 Å². The van der Waals surface area contributed by atoms with Gasteiger partial charge >= 0.3 is 0 Å². The maximum absolute atomic E-state index is 13.0. The average molecular weight is 454 g/mol. The van der Waals surface area contributed by atoms with Crippen molar-refractivity contribution >= 4 is 28.8 Å². The summed E-state index contributed by atoms with van der Waals surface area (Å²) in [5, 5.41) is 7.20. The SMILES string of the molecule is C=CCn1c(NC(=O)c2cc(C)nn2CC)nc2cc(C(N)=O)cc(OCCCN(C)C)c21. The first-order chi connectivity index (χ1) is 15.7. The molecule has 2 amide bonds. The van der Waals surface area contributed by atoms with Gasteiger partial charge in [-0.2, -0.15) is 5.10 Å². The predicted molar refractivity (Wildman–Crippen MR) is 128 cm³/mol. The lowest BCUT2D eigenvalue weighted by Crippen LogP contribution is -2.20. The molecule has 10 nitrogen and oxygen atoms in total. The highest BCUT2D eigenvalue weighted by molar-refractivity contribution is 6.04. The van der Waals surface area contributed by atoms with Gasteiger partial charge in [-0.3, -0.25) is 19.6 Å². The van der Waals surface area contributed by atoms with Crippen LogP contribution in [0.2, 0.25) is 0 Å². The van der Waals surface area contributed by atoms with Crippen molar-refractivity contribution < 1.29 is 14.3 Å². The van der Waals surface area contributed by atoms with Crippen molar-refractivity contribution in [2.75, 3.05) is 32.6 Å². The Morgan fingerprint density at radius 2 is 2.06 bits per heavy atom. The number of hydrogen-bond donors (Lipinski definition) is 2. The number of primary amides is 1. The minimum absolute atomic E-state index is 0.283. The van der Waals surface area contributed by atoms with E-state index in [9.17, 15) is 9.59 Å². The monoisotopic (exact) mass is 453 g/mol. The number of aromatic nitrogens is 4. The Morgan fingerprint density at radius 1 is 1.30 bits per heavy atom. The van der Waals surface area contributed by atoms with Gasteiger partial charge in [0.25, 0.3) is 5.91 Å². The van der Waals surface area contributed by atoms with Crippen molar-refractivity contribution in [2.45, 2.75) is 33.4 Å². The van der Waals surface area contributed by atoms with Gasteiger partial charge in [-0.1, -0.05) is 6.08 Å².